The Kier molecular flexibility index (Phi) is 5.47. The van der Waals surface area contributed by atoms with E-state index in [0.717, 1.165) is 30.9 Å². The molecule has 1 heterocycles. The Labute approximate surface area is 109 Å². The van der Waals surface area contributed by atoms with Gasteiger partial charge in [-0.1, -0.05) is 20.8 Å². The minimum atomic E-state index is -0.352. The van der Waals surface area contributed by atoms with Crippen LogP contribution in [0.4, 0.5) is 11.5 Å². The second-order valence-corrected chi connectivity index (χ2v) is 5.24. The maximum Gasteiger partial charge on any atom is 0.148 e. The SMILES string of the molecule is CCCn1nc(C)c(N)c1NCC(O)CC(C)C. The van der Waals surface area contributed by atoms with Crippen molar-refractivity contribution in [2.75, 3.05) is 17.6 Å². The van der Waals surface area contributed by atoms with Gasteiger partial charge in [-0.3, -0.25) is 0 Å². The zero-order valence-corrected chi connectivity index (χ0v) is 11.9. The standard InChI is InChI=1S/C13H26N4O/c1-5-6-17-13(12(14)10(4)16-17)15-8-11(18)7-9(2)3/h9,11,15,18H,5-8,14H2,1-4H3. The number of aliphatic hydroxyl groups excluding tert-OH is 1. The minimum Gasteiger partial charge on any atom is -0.394 e. The van der Waals surface area contributed by atoms with Crippen LogP contribution >= 0.6 is 0 Å². The molecule has 1 aromatic rings. The van der Waals surface area contributed by atoms with Gasteiger partial charge in [-0.2, -0.15) is 5.10 Å². The van der Waals surface area contributed by atoms with Gasteiger partial charge in [0.2, 0.25) is 0 Å². The zero-order chi connectivity index (χ0) is 13.7. The Morgan fingerprint density at radius 2 is 2.11 bits per heavy atom. The van der Waals surface area contributed by atoms with Crippen LogP contribution in [0, 0.1) is 12.8 Å². The average molecular weight is 254 g/mol. The highest BCUT2D eigenvalue weighted by Gasteiger charge is 2.13. The van der Waals surface area contributed by atoms with Gasteiger partial charge in [-0.05, 0) is 25.7 Å². The summed E-state index contributed by atoms with van der Waals surface area (Å²) in [7, 11) is 0. The number of nitrogens with two attached hydrogens (primary N) is 1. The first-order valence-corrected chi connectivity index (χ1v) is 6.70. The van der Waals surface area contributed by atoms with Crippen LogP contribution in [-0.4, -0.2) is 27.5 Å². The average Bonchev–Trinajstić information content (AvgIpc) is 2.52. The number of nitrogens with zero attached hydrogens (tertiary/aromatic N) is 2. The molecule has 0 radical (unpaired) electrons. The Balaban J connectivity index is 2.65. The van der Waals surface area contributed by atoms with Crippen molar-refractivity contribution in [1.82, 2.24) is 9.78 Å². The van der Waals surface area contributed by atoms with Crippen LogP contribution in [0.1, 0.15) is 39.3 Å². The van der Waals surface area contributed by atoms with Crippen LogP contribution in [0.25, 0.3) is 0 Å². The molecular formula is C13H26N4O. The molecule has 1 unspecified atom stereocenters. The summed E-state index contributed by atoms with van der Waals surface area (Å²) in [5, 5.41) is 17.5. The smallest absolute Gasteiger partial charge is 0.148 e. The number of aliphatic hydroxyl groups is 1. The van der Waals surface area contributed by atoms with E-state index < -0.39 is 0 Å². The van der Waals surface area contributed by atoms with E-state index in [0.29, 0.717) is 18.2 Å². The quantitative estimate of drug-likeness (QED) is 0.695. The highest BCUT2D eigenvalue weighted by atomic mass is 16.3. The molecule has 0 aliphatic heterocycles. The van der Waals surface area contributed by atoms with E-state index >= 15 is 0 Å². The molecule has 0 saturated carbocycles. The van der Waals surface area contributed by atoms with Gasteiger partial charge in [0.25, 0.3) is 0 Å². The molecule has 0 spiro atoms. The topological polar surface area (TPSA) is 76.1 Å². The van der Waals surface area contributed by atoms with Gasteiger partial charge in [-0.15, -0.1) is 0 Å². The predicted molar refractivity (Wildman–Crippen MR) is 75.6 cm³/mol. The molecule has 5 heteroatoms. The van der Waals surface area contributed by atoms with Crippen LogP contribution < -0.4 is 11.1 Å². The fourth-order valence-electron chi connectivity index (χ4n) is 2.00. The van der Waals surface area contributed by atoms with Gasteiger partial charge in [0, 0.05) is 13.1 Å². The lowest BCUT2D eigenvalue weighted by molar-refractivity contribution is 0.161. The molecule has 0 aliphatic rings. The van der Waals surface area contributed by atoms with E-state index in [1.165, 1.54) is 0 Å². The molecule has 4 N–H and O–H groups in total. The van der Waals surface area contributed by atoms with Gasteiger partial charge in [0.05, 0.1) is 17.5 Å². The summed E-state index contributed by atoms with van der Waals surface area (Å²) in [6.07, 6.45) is 1.44. The van der Waals surface area contributed by atoms with E-state index in [9.17, 15) is 5.11 Å². The molecular weight excluding hydrogens is 228 g/mol. The summed E-state index contributed by atoms with van der Waals surface area (Å²) < 4.78 is 1.88. The number of nitrogen functional groups attached to an aromatic ring is 1. The number of aromatic nitrogens is 2. The van der Waals surface area contributed by atoms with Crippen molar-refractivity contribution in [3.8, 4) is 0 Å². The highest BCUT2D eigenvalue weighted by Crippen LogP contribution is 2.22. The third-order valence-electron chi connectivity index (χ3n) is 2.86. The van der Waals surface area contributed by atoms with E-state index in [2.05, 4.69) is 31.2 Å². The van der Waals surface area contributed by atoms with Crippen molar-refractivity contribution in [3.63, 3.8) is 0 Å². The summed E-state index contributed by atoms with van der Waals surface area (Å²) in [4.78, 5) is 0. The van der Waals surface area contributed by atoms with Crippen LogP contribution in [-0.2, 0) is 6.54 Å². The molecule has 0 saturated heterocycles. The maximum absolute atomic E-state index is 9.87. The molecule has 0 aromatic carbocycles. The van der Waals surface area contributed by atoms with Crippen LogP contribution in [0.3, 0.4) is 0 Å². The first kappa shape index (κ1) is 14.8. The molecule has 5 nitrogen and oxygen atoms in total. The van der Waals surface area contributed by atoms with Crippen LogP contribution in [0.5, 0.6) is 0 Å². The van der Waals surface area contributed by atoms with Gasteiger partial charge < -0.3 is 16.2 Å². The lowest BCUT2D eigenvalue weighted by Gasteiger charge is -2.15. The summed E-state index contributed by atoms with van der Waals surface area (Å²) in [6.45, 7) is 9.55. The molecule has 1 rings (SSSR count). The fraction of sp³-hybridized carbons (Fsp3) is 0.769. The van der Waals surface area contributed by atoms with Crippen LogP contribution in [0.15, 0.2) is 0 Å². The van der Waals surface area contributed by atoms with E-state index in [4.69, 9.17) is 5.73 Å². The first-order valence-electron chi connectivity index (χ1n) is 6.70. The molecule has 1 aromatic heterocycles. The van der Waals surface area contributed by atoms with Gasteiger partial charge in [0.15, 0.2) is 0 Å². The summed E-state index contributed by atoms with van der Waals surface area (Å²) in [5.74, 6) is 1.32. The Morgan fingerprint density at radius 3 is 2.67 bits per heavy atom. The number of hydrogen-bond acceptors (Lipinski definition) is 4. The normalized spacial score (nSPS) is 13.0. The minimum absolute atomic E-state index is 0.352. The van der Waals surface area contributed by atoms with Crippen LogP contribution in [0.2, 0.25) is 0 Å². The molecule has 104 valence electrons. The molecule has 0 bridgehead atoms. The zero-order valence-electron chi connectivity index (χ0n) is 11.9. The van der Waals surface area contributed by atoms with Crippen molar-refractivity contribution in [2.45, 2.75) is 53.2 Å². The Hall–Kier alpha value is -1.23. The molecule has 0 aliphatic carbocycles. The Bertz CT molecular complexity index is 373. The highest BCUT2D eigenvalue weighted by molar-refractivity contribution is 5.64. The summed E-state index contributed by atoms with van der Waals surface area (Å²) in [5.41, 5.74) is 7.51. The van der Waals surface area contributed by atoms with E-state index in [1.54, 1.807) is 0 Å². The second-order valence-electron chi connectivity index (χ2n) is 5.24. The van der Waals surface area contributed by atoms with Crippen molar-refractivity contribution < 1.29 is 5.11 Å². The molecule has 1 atom stereocenters. The first-order chi connectivity index (χ1) is 8.45. The van der Waals surface area contributed by atoms with Gasteiger partial charge in [0.1, 0.15) is 5.82 Å². The van der Waals surface area contributed by atoms with Crippen molar-refractivity contribution in [3.05, 3.63) is 5.69 Å². The number of hydrogen-bond donors (Lipinski definition) is 3. The maximum atomic E-state index is 9.87. The summed E-state index contributed by atoms with van der Waals surface area (Å²) >= 11 is 0. The third-order valence-corrected chi connectivity index (χ3v) is 2.86. The second kappa shape index (κ2) is 6.64. The van der Waals surface area contributed by atoms with Crippen molar-refractivity contribution in [1.29, 1.82) is 0 Å². The Morgan fingerprint density at radius 1 is 1.44 bits per heavy atom. The number of aryl methyl sites for hydroxylation is 2. The third kappa shape index (κ3) is 3.91. The summed E-state index contributed by atoms with van der Waals surface area (Å²) in [6, 6.07) is 0. The molecule has 0 amide bonds. The van der Waals surface area contributed by atoms with Crippen molar-refractivity contribution >= 4 is 11.5 Å². The number of rotatable bonds is 7. The lowest BCUT2D eigenvalue weighted by atomic mass is 10.1. The molecule has 18 heavy (non-hydrogen) atoms. The lowest BCUT2D eigenvalue weighted by Crippen LogP contribution is -2.23. The number of anilines is 2. The molecule has 0 fully saturated rings. The van der Waals surface area contributed by atoms with E-state index in [1.807, 2.05) is 11.6 Å². The predicted octanol–water partition coefficient (Wildman–Crippen LogP) is 2.00. The monoisotopic (exact) mass is 254 g/mol. The largest absolute Gasteiger partial charge is 0.394 e. The van der Waals surface area contributed by atoms with Gasteiger partial charge >= 0.3 is 0 Å². The van der Waals surface area contributed by atoms with Crippen molar-refractivity contribution in [2.24, 2.45) is 5.92 Å². The van der Waals surface area contributed by atoms with E-state index in [-0.39, 0.29) is 6.10 Å². The fourth-order valence-corrected chi connectivity index (χ4v) is 2.00. The van der Waals surface area contributed by atoms with Gasteiger partial charge in [-0.25, -0.2) is 4.68 Å². The number of nitrogens with one attached hydrogen (secondary N) is 1.